The van der Waals surface area contributed by atoms with E-state index in [1.165, 1.54) is 12.8 Å². The molecule has 1 aromatic rings. The van der Waals surface area contributed by atoms with E-state index in [1.54, 1.807) is 6.07 Å². The van der Waals surface area contributed by atoms with Crippen LogP contribution in [0.5, 0.6) is 11.5 Å². The lowest BCUT2D eigenvalue weighted by molar-refractivity contribution is 0.280. The third-order valence-electron chi connectivity index (χ3n) is 2.81. The van der Waals surface area contributed by atoms with E-state index in [0.717, 1.165) is 12.2 Å². The second kappa shape index (κ2) is 4.13. The average Bonchev–Trinajstić information content (AvgIpc) is 2.99. The van der Waals surface area contributed by atoms with Crippen LogP contribution in [0.3, 0.4) is 0 Å². The molecule has 1 fully saturated rings. The molecule has 0 aliphatic heterocycles. The Labute approximate surface area is 90.9 Å². The van der Waals surface area contributed by atoms with Gasteiger partial charge in [-0.25, -0.2) is 0 Å². The highest BCUT2D eigenvalue weighted by molar-refractivity contribution is 5.47. The van der Waals surface area contributed by atoms with Crippen LogP contribution in [0.2, 0.25) is 0 Å². The molecule has 2 nitrogen and oxygen atoms in total. The molecule has 0 aromatic heterocycles. The Bertz CT molecular complexity index is 340. The number of rotatable bonds is 4. The second-order valence-electron chi connectivity index (χ2n) is 4.60. The van der Waals surface area contributed by atoms with Crippen LogP contribution in [-0.4, -0.2) is 11.7 Å². The van der Waals surface area contributed by atoms with Gasteiger partial charge in [-0.3, -0.25) is 0 Å². The van der Waals surface area contributed by atoms with Crippen molar-refractivity contribution in [3.8, 4) is 11.5 Å². The van der Waals surface area contributed by atoms with Gasteiger partial charge in [0.05, 0.1) is 6.61 Å². The van der Waals surface area contributed by atoms with Crippen molar-refractivity contribution < 1.29 is 9.84 Å². The number of phenols is 1. The molecule has 2 heteroatoms. The lowest BCUT2D eigenvalue weighted by Gasteiger charge is -2.14. The van der Waals surface area contributed by atoms with Crippen LogP contribution < -0.4 is 4.74 Å². The molecule has 0 unspecified atom stereocenters. The Morgan fingerprint density at radius 1 is 1.40 bits per heavy atom. The molecule has 1 aliphatic rings. The minimum absolute atomic E-state index is 0.266. The molecule has 0 saturated heterocycles. The van der Waals surface area contributed by atoms with Gasteiger partial charge in [-0.1, -0.05) is 26.0 Å². The molecule has 1 saturated carbocycles. The van der Waals surface area contributed by atoms with Crippen LogP contribution in [0.25, 0.3) is 0 Å². The highest BCUT2D eigenvalue weighted by atomic mass is 16.5. The highest BCUT2D eigenvalue weighted by Crippen LogP contribution is 2.37. The standard InChI is InChI=1S/C13H18O2/c1-9(2)11-4-3-5-12(14)13(11)15-8-10-6-7-10/h3-5,9-10,14H,6-8H2,1-2H3. The highest BCUT2D eigenvalue weighted by Gasteiger charge is 2.23. The van der Waals surface area contributed by atoms with E-state index in [1.807, 2.05) is 12.1 Å². The maximum Gasteiger partial charge on any atom is 0.164 e. The van der Waals surface area contributed by atoms with Gasteiger partial charge in [0.25, 0.3) is 0 Å². The molecule has 0 radical (unpaired) electrons. The van der Waals surface area contributed by atoms with Gasteiger partial charge in [-0.05, 0) is 30.7 Å². The first-order valence-corrected chi connectivity index (χ1v) is 5.63. The molecular weight excluding hydrogens is 188 g/mol. The summed E-state index contributed by atoms with van der Waals surface area (Å²) in [6, 6.07) is 5.58. The third kappa shape index (κ3) is 2.44. The van der Waals surface area contributed by atoms with Crippen molar-refractivity contribution in [1.82, 2.24) is 0 Å². The van der Waals surface area contributed by atoms with E-state index < -0.39 is 0 Å². The number of para-hydroxylation sites is 1. The second-order valence-corrected chi connectivity index (χ2v) is 4.60. The van der Waals surface area contributed by atoms with E-state index in [9.17, 15) is 5.11 Å². The number of phenolic OH excluding ortho intramolecular Hbond substituents is 1. The fourth-order valence-corrected chi connectivity index (χ4v) is 1.64. The van der Waals surface area contributed by atoms with Crippen molar-refractivity contribution in [1.29, 1.82) is 0 Å². The van der Waals surface area contributed by atoms with E-state index in [2.05, 4.69) is 13.8 Å². The lowest BCUT2D eigenvalue weighted by Crippen LogP contribution is -2.02. The van der Waals surface area contributed by atoms with Gasteiger partial charge in [0, 0.05) is 5.56 Å². The third-order valence-corrected chi connectivity index (χ3v) is 2.81. The van der Waals surface area contributed by atoms with Crippen molar-refractivity contribution in [2.45, 2.75) is 32.6 Å². The summed E-state index contributed by atoms with van der Waals surface area (Å²) in [7, 11) is 0. The van der Waals surface area contributed by atoms with E-state index in [4.69, 9.17) is 4.74 Å². The average molecular weight is 206 g/mol. The van der Waals surface area contributed by atoms with Crippen LogP contribution in [0.4, 0.5) is 0 Å². The lowest BCUT2D eigenvalue weighted by atomic mass is 10.0. The number of aromatic hydroxyl groups is 1. The quantitative estimate of drug-likeness (QED) is 0.819. The summed E-state index contributed by atoms with van der Waals surface area (Å²) in [5.41, 5.74) is 1.09. The van der Waals surface area contributed by atoms with Crippen LogP contribution >= 0.6 is 0 Å². The first-order valence-electron chi connectivity index (χ1n) is 5.63. The summed E-state index contributed by atoms with van der Waals surface area (Å²) < 4.78 is 5.70. The summed E-state index contributed by atoms with van der Waals surface area (Å²) in [6.07, 6.45) is 2.54. The molecule has 0 heterocycles. The minimum atomic E-state index is 0.266. The molecule has 0 amide bonds. The Morgan fingerprint density at radius 3 is 2.73 bits per heavy atom. The predicted octanol–water partition coefficient (Wildman–Crippen LogP) is 3.30. The number of ether oxygens (including phenoxy) is 1. The Hall–Kier alpha value is -1.18. The summed E-state index contributed by atoms with van der Waals surface area (Å²) in [4.78, 5) is 0. The van der Waals surface area contributed by atoms with Gasteiger partial charge in [-0.15, -0.1) is 0 Å². The van der Waals surface area contributed by atoms with Crippen LogP contribution in [0, 0.1) is 5.92 Å². The van der Waals surface area contributed by atoms with Crippen LogP contribution in [0.15, 0.2) is 18.2 Å². The van der Waals surface area contributed by atoms with Gasteiger partial charge in [-0.2, -0.15) is 0 Å². The molecule has 0 spiro atoms. The molecule has 1 aliphatic carbocycles. The maximum absolute atomic E-state index is 9.75. The fraction of sp³-hybridized carbons (Fsp3) is 0.538. The Kier molecular flexibility index (Phi) is 2.85. The topological polar surface area (TPSA) is 29.5 Å². The van der Waals surface area contributed by atoms with E-state index in [0.29, 0.717) is 17.6 Å². The normalized spacial score (nSPS) is 15.7. The summed E-state index contributed by atoms with van der Waals surface area (Å²) in [5, 5.41) is 9.75. The van der Waals surface area contributed by atoms with Crippen molar-refractivity contribution in [2.24, 2.45) is 5.92 Å². The van der Waals surface area contributed by atoms with Crippen LogP contribution in [-0.2, 0) is 0 Å². The SMILES string of the molecule is CC(C)c1cccc(O)c1OCC1CC1. The summed E-state index contributed by atoms with van der Waals surface area (Å²) in [6.45, 7) is 4.97. The van der Waals surface area contributed by atoms with Gasteiger partial charge < -0.3 is 9.84 Å². The zero-order valence-electron chi connectivity index (χ0n) is 9.36. The first-order chi connectivity index (χ1) is 7.18. The number of hydrogen-bond donors (Lipinski definition) is 1. The van der Waals surface area contributed by atoms with Crippen LogP contribution in [0.1, 0.15) is 38.2 Å². The van der Waals surface area contributed by atoms with Crippen molar-refractivity contribution in [3.05, 3.63) is 23.8 Å². The zero-order chi connectivity index (χ0) is 10.8. The fourth-order valence-electron chi connectivity index (χ4n) is 1.64. The first kappa shape index (κ1) is 10.3. The molecule has 1 aromatic carbocycles. The summed E-state index contributed by atoms with van der Waals surface area (Å²) in [5.74, 6) is 2.04. The van der Waals surface area contributed by atoms with Crippen molar-refractivity contribution in [2.75, 3.05) is 6.61 Å². The largest absolute Gasteiger partial charge is 0.504 e. The van der Waals surface area contributed by atoms with E-state index in [-0.39, 0.29) is 5.75 Å². The zero-order valence-corrected chi connectivity index (χ0v) is 9.36. The van der Waals surface area contributed by atoms with Gasteiger partial charge in [0.1, 0.15) is 0 Å². The molecule has 15 heavy (non-hydrogen) atoms. The van der Waals surface area contributed by atoms with Crippen molar-refractivity contribution >= 4 is 0 Å². The maximum atomic E-state index is 9.75. The number of benzene rings is 1. The van der Waals surface area contributed by atoms with Gasteiger partial charge in [0.15, 0.2) is 11.5 Å². The minimum Gasteiger partial charge on any atom is -0.504 e. The van der Waals surface area contributed by atoms with E-state index >= 15 is 0 Å². The molecule has 0 atom stereocenters. The Balaban J connectivity index is 2.16. The molecule has 82 valence electrons. The Morgan fingerprint density at radius 2 is 2.13 bits per heavy atom. The molecular formula is C13H18O2. The summed E-state index contributed by atoms with van der Waals surface area (Å²) >= 11 is 0. The van der Waals surface area contributed by atoms with Gasteiger partial charge >= 0.3 is 0 Å². The smallest absolute Gasteiger partial charge is 0.164 e. The monoisotopic (exact) mass is 206 g/mol. The molecule has 2 rings (SSSR count). The van der Waals surface area contributed by atoms with Gasteiger partial charge in [0.2, 0.25) is 0 Å². The number of hydrogen-bond acceptors (Lipinski definition) is 2. The van der Waals surface area contributed by atoms with Crippen molar-refractivity contribution in [3.63, 3.8) is 0 Å². The predicted molar refractivity (Wildman–Crippen MR) is 60.4 cm³/mol. The molecule has 1 N–H and O–H groups in total. The molecule has 0 bridgehead atoms.